The molecule has 0 radical (unpaired) electrons. The van der Waals surface area contributed by atoms with Crippen molar-refractivity contribution in [2.24, 2.45) is 13.0 Å². The van der Waals surface area contributed by atoms with Crippen LogP contribution in [-0.4, -0.2) is 27.6 Å². The molecule has 1 amide bonds. The molecule has 2 atom stereocenters. The quantitative estimate of drug-likeness (QED) is 0.887. The average Bonchev–Trinajstić information content (AvgIpc) is 2.81. The number of rotatable bonds is 5. The number of nitrogens with one attached hydrogen (secondary N) is 1. The van der Waals surface area contributed by atoms with Crippen molar-refractivity contribution in [3.05, 3.63) is 36.0 Å². The molecule has 0 saturated carbocycles. The summed E-state index contributed by atoms with van der Waals surface area (Å²) in [6.07, 6.45) is 2.42. The molecule has 0 aliphatic carbocycles. The van der Waals surface area contributed by atoms with Crippen LogP contribution in [0.4, 0.5) is 0 Å². The van der Waals surface area contributed by atoms with Crippen LogP contribution in [0.15, 0.2) is 30.5 Å². The Morgan fingerprint density at radius 1 is 1.33 bits per heavy atom. The van der Waals surface area contributed by atoms with Crippen molar-refractivity contribution in [3.8, 4) is 0 Å². The maximum absolute atomic E-state index is 12.4. The summed E-state index contributed by atoms with van der Waals surface area (Å²) < 4.78 is 1.86. The number of nitrogens with zero attached hydrogens (tertiary/aromatic N) is 1. The monoisotopic (exact) mass is 288 g/mol. The maximum Gasteiger partial charge on any atom is 0.326 e. The number of carboxylic acids is 1. The van der Waals surface area contributed by atoms with Crippen LogP contribution in [0.2, 0.25) is 0 Å². The standard InChI is InChI=1S/C16H20N2O3/c1-4-10(2)14(16(20)21)17-15(19)12-9-18(3)13-8-6-5-7-11(12)13/h5-10,14H,4H2,1-3H3,(H,17,19)(H,20,21)/t10?,14-/m0/s1. The van der Waals surface area contributed by atoms with Crippen LogP contribution in [0.5, 0.6) is 0 Å². The summed E-state index contributed by atoms with van der Waals surface area (Å²) >= 11 is 0. The van der Waals surface area contributed by atoms with Crippen molar-refractivity contribution in [3.63, 3.8) is 0 Å². The summed E-state index contributed by atoms with van der Waals surface area (Å²) in [6, 6.07) is 6.69. The summed E-state index contributed by atoms with van der Waals surface area (Å²) in [5, 5.41) is 12.7. The van der Waals surface area contributed by atoms with E-state index in [1.165, 1.54) is 0 Å². The second kappa shape index (κ2) is 5.99. The van der Waals surface area contributed by atoms with Crippen LogP contribution in [0.3, 0.4) is 0 Å². The van der Waals surface area contributed by atoms with Crippen LogP contribution < -0.4 is 5.32 Å². The van der Waals surface area contributed by atoms with Crippen molar-refractivity contribution in [1.29, 1.82) is 0 Å². The van der Waals surface area contributed by atoms with Gasteiger partial charge in [0.25, 0.3) is 5.91 Å². The lowest BCUT2D eigenvalue weighted by Crippen LogP contribution is -2.44. The molecule has 0 aliphatic rings. The van der Waals surface area contributed by atoms with Crippen molar-refractivity contribution < 1.29 is 14.7 Å². The van der Waals surface area contributed by atoms with Crippen molar-refractivity contribution in [2.75, 3.05) is 0 Å². The molecule has 0 bridgehead atoms. The number of carbonyl (C=O) groups is 2. The molecule has 0 saturated heterocycles. The molecule has 0 aliphatic heterocycles. The molecule has 2 rings (SSSR count). The highest BCUT2D eigenvalue weighted by Gasteiger charge is 2.26. The van der Waals surface area contributed by atoms with Gasteiger partial charge in [0.2, 0.25) is 0 Å². The lowest BCUT2D eigenvalue weighted by Gasteiger charge is -2.19. The number of aromatic nitrogens is 1. The Hall–Kier alpha value is -2.30. The van der Waals surface area contributed by atoms with Gasteiger partial charge in [0.05, 0.1) is 5.56 Å². The zero-order chi connectivity index (χ0) is 15.6. The normalized spacial score (nSPS) is 13.9. The fourth-order valence-corrected chi connectivity index (χ4v) is 2.42. The molecule has 1 aromatic carbocycles. The third kappa shape index (κ3) is 2.91. The lowest BCUT2D eigenvalue weighted by molar-refractivity contribution is -0.140. The zero-order valence-electron chi connectivity index (χ0n) is 12.5. The number of carboxylic acid groups (broad SMARTS) is 1. The molecule has 2 aromatic rings. The first kappa shape index (κ1) is 15.1. The summed E-state index contributed by atoms with van der Waals surface area (Å²) in [7, 11) is 1.86. The van der Waals surface area contributed by atoms with Gasteiger partial charge < -0.3 is 15.0 Å². The first-order valence-corrected chi connectivity index (χ1v) is 7.03. The number of aryl methyl sites for hydroxylation is 1. The predicted octanol–water partition coefficient (Wildman–Crippen LogP) is 2.41. The van der Waals surface area contributed by atoms with Crippen LogP contribution in [0.25, 0.3) is 10.9 Å². The molecule has 2 N–H and O–H groups in total. The van der Waals surface area contributed by atoms with Gasteiger partial charge in [0.15, 0.2) is 0 Å². The largest absolute Gasteiger partial charge is 0.480 e. The van der Waals surface area contributed by atoms with Gasteiger partial charge in [-0.05, 0) is 12.0 Å². The van der Waals surface area contributed by atoms with Gasteiger partial charge in [0.1, 0.15) is 6.04 Å². The molecule has 0 spiro atoms. The molecule has 5 heteroatoms. The van der Waals surface area contributed by atoms with E-state index in [-0.39, 0.29) is 11.8 Å². The highest BCUT2D eigenvalue weighted by molar-refractivity contribution is 6.07. The molecular weight excluding hydrogens is 268 g/mol. The van der Waals surface area contributed by atoms with Gasteiger partial charge in [0, 0.05) is 24.1 Å². The van der Waals surface area contributed by atoms with Crippen molar-refractivity contribution in [1.82, 2.24) is 9.88 Å². The Morgan fingerprint density at radius 2 is 2.00 bits per heavy atom. The van der Waals surface area contributed by atoms with E-state index >= 15 is 0 Å². The lowest BCUT2D eigenvalue weighted by atomic mass is 9.99. The van der Waals surface area contributed by atoms with E-state index in [2.05, 4.69) is 5.32 Å². The van der Waals surface area contributed by atoms with E-state index < -0.39 is 12.0 Å². The number of hydrogen-bond donors (Lipinski definition) is 2. The molecule has 1 aromatic heterocycles. The molecule has 0 fully saturated rings. The van der Waals surface area contributed by atoms with Gasteiger partial charge in [-0.3, -0.25) is 4.79 Å². The summed E-state index contributed by atoms with van der Waals surface area (Å²) in [6.45, 7) is 3.73. The number of amides is 1. The Kier molecular flexibility index (Phi) is 4.31. The summed E-state index contributed by atoms with van der Waals surface area (Å²) in [4.78, 5) is 23.7. The summed E-state index contributed by atoms with van der Waals surface area (Å²) in [5.74, 6) is -1.47. The number of carbonyl (C=O) groups excluding carboxylic acids is 1. The number of para-hydroxylation sites is 1. The van der Waals surface area contributed by atoms with E-state index in [0.29, 0.717) is 12.0 Å². The van der Waals surface area contributed by atoms with Gasteiger partial charge in [-0.2, -0.15) is 0 Å². The van der Waals surface area contributed by atoms with Crippen LogP contribution in [-0.2, 0) is 11.8 Å². The smallest absolute Gasteiger partial charge is 0.326 e. The van der Waals surface area contributed by atoms with E-state index in [4.69, 9.17) is 0 Å². The highest BCUT2D eigenvalue weighted by atomic mass is 16.4. The Labute approximate surface area is 123 Å². The highest BCUT2D eigenvalue weighted by Crippen LogP contribution is 2.20. The third-order valence-corrected chi connectivity index (χ3v) is 3.91. The van der Waals surface area contributed by atoms with Crippen molar-refractivity contribution in [2.45, 2.75) is 26.3 Å². The predicted molar refractivity (Wildman–Crippen MR) is 81.3 cm³/mol. The first-order chi connectivity index (χ1) is 9.95. The SMILES string of the molecule is CCC(C)[C@H](NC(=O)c1cn(C)c2ccccc12)C(=O)O. The average molecular weight is 288 g/mol. The maximum atomic E-state index is 12.4. The van der Waals surface area contributed by atoms with E-state index in [1.807, 2.05) is 49.7 Å². The second-order valence-electron chi connectivity index (χ2n) is 5.35. The Balaban J connectivity index is 2.32. The van der Waals surface area contributed by atoms with Gasteiger partial charge in [-0.25, -0.2) is 4.79 Å². The minimum Gasteiger partial charge on any atom is -0.480 e. The van der Waals surface area contributed by atoms with E-state index in [0.717, 1.165) is 10.9 Å². The summed E-state index contributed by atoms with van der Waals surface area (Å²) in [5.41, 5.74) is 1.45. The van der Waals surface area contributed by atoms with Crippen molar-refractivity contribution >= 4 is 22.8 Å². The zero-order valence-corrected chi connectivity index (χ0v) is 12.5. The minimum absolute atomic E-state index is 0.124. The van der Waals surface area contributed by atoms with Crippen LogP contribution in [0, 0.1) is 5.92 Å². The van der Waals surface area contributed by atoms with Gasteiger partial charge in [-0.1, -0.05) is 38.5 Å². The number of fused-ring (bicyclic) bond motifs is 1. The fourth-order valence-electron chi connectivity index (χ4n) is 2.42. The second-order valence-corrected chi connectivity index (χ2v) is 5.35. The molecular formula is C16H20N2O3. The van der Waals surface area contributed by atoms with Gasteiger partial charge >= 0.3 is 5.97 Å². The molecule has 5 nitrogen and oxygen atoms in total. The number of benzene rings is 1. The first-order valence-electron chi connectivity index (χ1n) is 7.03. The number of aliphatic carboxylic acids is 1. The minimum atomic E-state index is -1.00. The fraction of sp³-hybridized carbons (Fsp3) is 0.375. The van der Waals surface area contributed by atoms with Gasteiger partial charge in [-0.15, -0.1) is 0 Å². The molecule has 21 heavy (non-hydrogen) atoms. The third-order valence-electron chi connectivity index (χ3n) is 3.91. The molecule has 112 valence electrons. The Morgan fingerprint density at radius 3 is 2.62 bits per heavy atom. The van der Waals surface area contributed by atoms with Crippen LogP contribution >= 0.6 is 0 Å². The topological polar surface area (TPSA) is 71.3 Å². The van der Waals surface area contributed by atoms with E-state index in [1.54, 1.807) is 6.20 Å². The van der Waals surface area contributed by atoms with E-state index in [9.17, 15) is 14.7 Å². The van der Waals surface area contributed by atoms with Crippen LogP contribution in [0.1, 0.15) is 30.6 Å². The Bertz CT molecular complexity index is 675. The molecule has 1 unspecified atom stereocenters. The number of hydrogen-bond acceptors (Lipinski definition) is 2. The molecule has 1 heterocycles.